The van der Waals surface area contributed by atoms with Crippen LogP contribution in [0.1, 0.15) is 30.4 Å². The molecule has 2 aromatic carbocycles. The predicted molar refractivity (Wildman–Crippen MR) is 104 cm³/mol. The number of amides is 2. The largest absolute Gasteiger partial charge is 0.494 e. The molecule has 0 spiro atoms. The highest BCUT2D eigenvalue weighted by Gasteiger charge is 2.15. The first-order valence-electron chi connectivity index (χ1n) is 8.67. The molecule has 2 amide bonds. The minimum Gasteiger partial charge on any atom is -0.494 e. The monoisotopic (exact) mass is 416 g/mol. The second kappa shape index (κ2) is 8.85. The number of aryl methyl sites for hydroxylation is 1. The van der Waals surface area contributed by atoms with Crippen LogP contribution in [0, 0.1) is 0 Å². The third kappa shape index (κ3) is 5.33. The van der Waals surface area contributed by atoms with Crippen molar-refractivity contribution >= 4 is 33.4 Å². The van der Waals surface area contributed by atoms with E-state index in [1.165, 1.54) is 0 Å². The minimum atomic E-state index is 0.0155. The van der Waals surface area contributed by atoms with Gasteiger partial charge in [0.1, 0.15) is 5.75 Å². The molecule has 136 valence electrons. The van der Waals surface area contributed by atoms with Gasteiger partial charge in [0.15, 0.2) is 0 Å². The van der Waals surface area contributed by atoms with Crippen molar-refractivity contribution in [1.29, 1.82) is 0 Å². The fourth-order valence-corrected chi connectivity index (χ4v) is 3.25. The number of fused-ring (bicyclic) bond motifs is 1. The van der Waals surface area contributed by atoms with Gasteiger partial charge >= 0.3 is 0 Å². The summed E-state index contributed by atoms with van der Waals surface area (Å²) in [7, 11) is 0. The first-order valence-corrected chi connectivity index (χ1v) is 9.46. The summed E-state index contributed by atoms with van der Waals surface area (Å²) in [5.41, 5.74) is 3.01. The number of carbonyl (C=O) groups is 2. The standard InChI is InChI=1S/C20H21BrN2O3/c21-16-4-1-3-14(11-16)13-22-19(24)5-2-10-26-17-7-8-18-15(12-17)6-9-20(25)23-18/h1,3-4,7-8,11-12H,2,5-6,9-10,13H2,(H,22,24)(H,23,25). The van der Waals surface area contributed by atoms with Gasteiger partial charge in [-0.2, -0.15) is 0 Å². The summed E-state index contributed by atoms with van der Waals surface area (Å²) in [6, 6.07) is 13.5. The van der Waals surface area contributed by atoms with E-state index < -0.39 is 0 Å². The average Bonchev–Trinajstić information content (AvgIpc) is 2.63. The predicted octanol–water partition coefficient (Wildman–Crippen LogP) is 3.81. The van der Waals surface area contributed by atoms with E-state index in [1.54, 1.807) is 0 Å². The number of halogens is 1. The van der Waals surface area contributed by atoms with Crippen LogP contribution in [0.15, 0.2) is 46.9 Å². The Bertz CT molecular complexity index is 807. The molecule has 0 atom stereocenters. The summed E-state index contributed by atoms with van der Waals surface area (Å²) < 4.78 is 6.73. The van der Waals surface area contributed by atoms with Crippen molar-refractivity contribution in [2.75, 3.05) is 11.9 Å². The first kappa shape index (κ1) is 18.5. The second-order valence-electron chi connectivity index (χ2n) is 6.23. The SMILES string of the molecule is O=C(CCCOc1ccc2c(c1)CCC(=O)N2)NCc1cccc(Br)c1. The molecule has 26 heavy (non-hydrogen) atoms. The lowest BCUT2D eigenvalue weighted by molar-refractivity contribution is -0.121. The molecule has 0 bridgehead atoms. The topological polar surface area (TPSA) is 67.4 Å². The number of anilines is 1. The van der Waals surface area contributed by atoms with Gasteiger partial charge in [-0.25, -0.2) is 0 Å². The van der Waals surface area contributed by atoms with Crippen LogP contribution in [0.3, 0.4) is 0 Å². The van der Waals surface area contributed by atoms with Crippen molar-refractivity contribution in [3.8, 4) is 5.75 Å². The number of benzene rings is 2. The van der Waals surface area contributed by atoms with E-state index >= 15 is 0 Å². The normalized spacial score (nSPS) is 12.9. The lowest BCUT2D eigenvalue weighted by atomic mass is 10.0. The Labute approximate surface area is 161 Å². The first-order chi connectivity index (χ1) is 12.6. The Morgan fingerprint density at radius 3 is 2.92 bits per heavy atom. The van der Waals surface area contributed by atoms with Gasteiger partial charge in [-0.1, -0.05) is 28.1 Å². The van der Waals surface area contributed by atoms with Crippen molar-refractivity contribution in [3.63, 3.8) is 0 Å². The fraction of sp³-hybridized carbons (Fsp3) is 0.300. The van der Waals surface area contributed by atoms with Crippen LogP contribution in [0.4, 0.5) is 5.69 Å². The molecule has 0 fully saturated rings. The molecule has 2 aromatic rings. The summed E-state index contributed by atoms with van der Waals surface area (Å²) in [5, 5.41) is 5.76. The van der Waals surface area contributed by atoms with Crippen LogP contribution in [-0.4, -0.2) is 18.4 Å². The molecule has 1 aliphatic heterocycles. The van der Waals surface area contributed by atoms with E-state index in [0.29, 0.717) is 32.4 Å². The molecule has 0 saturated heterocycles. The van der Waals surface area contributed by atoms with Gasteiger partial charge in [0.05, 0.1) is 6.61 Å². The van der Waals surface area contributed by atoms with Crippen LogP contribution >= 0.6 is 15.9 Å². The summed E-state index contributed by atoms with van der Waals surface area (Å²) in [6.45, 7) is 1.01. The van der Waals surface area contributed by atoms with Gasteiger partial charge in [-0.05, 0) is 54.3 Å². The van der Waals surface area contributed by atoms with Gasteiger partial charge < -0.3 is 15.4 Å². The molecular formula is C20H21BrN2O3. The Morgan fingerprint density at radius 1 is 1.19 bits per heavy atom. The highest BCUT2D eigenvalue weighted by molar-refractivity contribution is 9.10. The molecule has 2 N–H and O–H groups in total. The maximum atomic E-state index is 11.9. The van der Waals surface area contributed by atoms with E-state index in [9.17, 15) is 9.59 Å². The molecule has 1 heterocycles. The Kier molecular flexibility index (Phi) is 6.28. The Morgan fingerprint density at radius 2 is 2.08 bits per heavy atom. The van der Waals surface area contributed by atoms with Crippen molar-refractivity contribution in [1.82, 2.24) is 5.32 Å². The lowest BCUT2D eigenvalue weighted by Gasteiger charge is -2.17. The maximum Gasteiger partial charge on any atom is 0.224 e. The number of nitrogens with one attached hydrogen (secondary N) is 2. The van der Waals surface area contributed by atoms with E-state index in [0.717, 1.165) is 33.5 Å². The van der Waals surface area contributed by atoms with E-state index in [1.807, 2.05) is 42.5 Å². The molecule has 3 rings (SSSR count). The summed E-state index contributed by atoms with van der Waals surface area (Å²) in [5.74, 6) is 0.844. The quantitative estimate of drug-likeness (QED) is 0.674. The zero-order valence-corrected chi connectivity index (χ0v) is 16.0. The van der Waals surface area contributed by atoms with Crippen LogP contribution in [0.2, 0.25) is 0 Å². The second-order valence-corrected chi connectivity index (χ2v) is 7.14. The van der Waals surface area contributed by atoms with Gasteiger partial charge in [0, 0.05) is 29.5 Å². The molecule has 0 aliphatic carbocycles. The third-order valence-electron chi connectivity index (χ3n) is 4.17. The van der Waals surface area contributed by atoms with Crippen LogP contribution in [0.25, 0.3) is 0 Å². The molecule has 5 nitrogen and oxygen atoms in total. The summed E-state index contributed by atoms with van der Waals surface area (Å²) in [4.78, 5) is 23.3. The minimum absolute atomic E-state index is 0.0155. The number of hydrogen-bond donors (Lipinski definition) is 2. The van der Waals surface area contributed by atoms with Crippen LogP contribution < -0.4 is 15.4 Å². The number of carbonyl (C=O) groups excluding carboxylic acids is 2. The lowest BCUT2D eigenvalue weighted by Crippen LogP contribution is -2.23. The van der Waals surface area contributed by atoms with E-state index in [-0.39, 0.29) is 11.8 Å². The van der Waals surface area contributed by atoms with Gasteiger partial charge in [-0.3, -0.25) is 9.59 Å². The zero-order chi connectivity index (χ0) is 18.4. The highest BCUT2D eigenvalue weighted by atomic mass is 79.9. The van der Waals surface area contributed by atoms with E-state index in [2.05, 4.69) is 26.6 Å². The molecule has 0 radical (unpaired) electrons. The average molecular weight is 417 g/mol. The Balaban J connectivity index is 1.37. The maximum absolute atomic E-state index is 11.9. The summed E-state index contributed by atoms with van der Waals surface area (Å²) >= 11 is 3.42. The Hall–Kier alpha value is -2.34. The van der Waals surface area contributed by atoms with Crippen molar-refractivity contribution < 1.29 is 14.3 Å². The molecule has 6 heteroatoms. The molecule has 0 saturated carbocycles. The smallest absolute Gasteiger partial charge is 0.224 e. The molecule has 0 aromatic heterocycles. The third-order valence-corrected chi connectivity index (χ3v) is 4.66. The summed E-state index contributed by atoms with van der Waals surface area (Å²) in [6.07, 6.45) is 2.32. The van der Waals surface area contributed by atoms with Gasteiger partial charge in [0.2, 0.25) is 11.8 Å². The molecular weight excluding hydrogens is 396 g/mol. The zero-order valence-electron chi connectivity index (χ0n) is 14.4. The fourth-order valence-electron chi connectivity index (χ4n) is 2.81. The van der Waals surface area contributed by atoms with Gasteiger partial charge in [-0.15, -0.1) is 0 Å². The van der Waals surface area contributed by atoms with E-state index in [4.69, 9.17) is 4.74 Å². The highest BCUT2D eigenvalue weighted by Crippen LogP contribution is 2.26. The van der Waals surface area contributed by atoms with Crippen LogP contribution in [-0.2, 0) is 22.6 Å². The molecule has 1 aliphatic rings. The van der Waals surface area contributed by atoms with Crippen molar-refractivity contribution in [2.45, 2.75) is 32.2 Å². The number of rotatable bonds is 7. The number of hydrogen-bond acceptors (Lipinski definition) is 3. The van der Waals surface area contributed by atoms with Crippen molar-refractivity contribution in [2.24, 2.45) is 0 Å². The van der Waals surface area contributed by atoms with Crippen molar-refractivity contribution in [3.05, 3.63) is 58.1 Å². The molecule has 0 unspecified atom stereocenters. The van der Waals surface area contributed by atoms with Crippen LogP contribution in [0.5, 0.6) is 5.75 Å². The van der Waals surface area contributed by atoms with Gasteiger partial charge in [0.25, 0.3) is 0 Å². The number of ether oxygens (including phenoxy) is 1.